The van der Waals surface area contributed by atoms with Gasteiger partial charge in [0.1, 0.15) is 11.9 Å². The number of hydrogen-bond acceptors (Lipinski definition) is 5. The number of halogens is 1. The number of benzene rings is 1. The summed E-state index contributed by atoms with van der Waals surface area (Å²) in [6, 6.07) is 8.14. The third-order valence-corrected chi connectivity index (χ3v) is 4.74. The summed E-state index contributed by atoms with van der Waals surface area (Å²) >= 11 is 3.62. The van der Waals surface area contributed by atoms with Gasteiger partial charge in [-0.05, 0) is 36.5 Å². The average molecular weight is 359 g/mol. The lowest BCUT2D eigenvalue weighted by Gasteiger charge is -2.26. The Kier molecular flexibility index (Phi) is 3.99. The molecule has 1 atom stereocenters. The number of nitrogens with zero attached hydrogens (tertiary/aromatic N) is 3. The van der Waals surface area contributed by atoms with Gasteiger partial charge in [0.15, 0.2) is 0 Å². The van der Waals surface area contributed by atoms with Crippen molar-refractivity contribution in [1.29, 1.82) is 5.26 Å². The number of anilines is 1. The Bertz CT molecular complexity index is 769. The predicted molar refractivity (Wildman–Crippen MR) is 86.6 cm³/mol. The lowest BCUT2D eigenvalue weighted by atomic mass is 9.81. The van der Waals surface area contributed by atoms with Crippen molar-refractivity contribution >= 4 is 21.7 Å². The van der Waals surface area contributed by atoms with E-state index in [9.17, 15) is 0 Å². The maximum absolute atomic E-state index is 9.08. The van der Waals surface area contributed by atoms with Crippen LogP contribution >= 0.6 is 15.9 Å². The van der Waals surface area contributed by atoms with Crippen LogP contribution in [0.1, 0.15) is 41.3 Å². The van der Waals surface area contributed by atoms with E-state index < -0.39 is 0 Å². The van der Waals surface area contributed by atoms with Gasteiger partial charge in [-0.3, -0.25) is 0 Å². The summed E-state index contributed by atoms with van der Waals surface area (Å²) < 4.78 is 6.29. The van der Waals surface area contributed by atoms with Crippen LogP contribution in [0.5, 0.6) is 5.88 Å². The molecule has 0 saturated heterocycles. The van der Waals surface area contributed by atoms with Gasteiger partial charge in [0.2, 0.25) is 5.69 Å². The minimum atomic E-state index is 0.0791. The van der Waals surface area contributed by atoms with Crippen LogP contribution in [0.4, 0.5) is 5.82 Å². The van der Waals surface area contributed by atoms with Crippen molar-refractivity contribution in [1.82, 2.24) is 9.97 Å². The van der Waals surface area contributed by atoms with Crippen LogP contribution in [0.15, 0.2) is 22.7 Å². The second-order valence-corrected chi connectivity index (χ2v) is 6.07. The highest BCUT2D eigenvalue weighted by Gasteiger charge is 2.27. The number of nitrogens with two attached hydrogens (primary N) is 1. The van der Waals surface area contributed by atoms with Gasteiger partial charge in [0.25, 0.3) is 5.88 Å². The highest BCUT2D eigenvalue weighted by Crippen LogP contribution is 2.40. The van der Waals surface area contributed by atoms with E-state index in [4.69, 9.17) is 15.7 Å². The molecule has 3 rings (SSSR count). The van der Waals surface area contributed by atoms with Crippen molar-refractivity contribution in [2.24, 2.45) is 0 Å². The third-order valence-electron chi connectivity index (χ3n) is 4.00. The van der Waals surface area contributed by atoms with E-state index in [1.54, 1.807) is 0 Å². The molecule has 1 aliphatic carbocycles. The smallest absolute Gasteiger partial charge is 0.251 e. The molecule has 2 N–H and O–H groups in total. The molecule has 0 aliphatic heterocycles. The Hall–Kier alpha value is -2.13. The summed E-state index contributed by atoms with van der Waals surface area (Å²) in [5, 5.41) is 9.08. The fourth-order valence-corrected chi connectivity index (χ4v) is 3.58. The minimum Gasteiger partial charge on any atom is -0.479 e. The molecular formula is C16H15BrN4O. The Morgan fingerprint density at radius 3 is 2.95 bits per heavy atom. The van der Waals surface area contributed by atoms with E-state index in [2.05, 4.69) is 38.0 Å². The zero-order chi connectivity index (χ0) is 15.7. The first-order chi connectivity index (χ1) is 10.7. The van der Waals surface area contributed by atoms with Crippen LogP contribution in [0.3, 0.4) is 0 Å². The fourth-order valence-electron chi connectivity index (χ4n) is 3.00. The molecule has 2 aromatic rings. The van der Waals surface area contributed by atoms with E-state index in [0.717, 1.165) is 23.7 Å². The van der Waals surface area contributed by atoms with E-state index >= 15 is 0 Å². The maximum atomic E-state index is 9.08. The molecule has 0 radical (unpaired) electrons. The standard InChI is InChI=1S/C16H15BrN4O/c1-22-16-13(8-18)20-15(19)14(21-16)11-6-2-5-10-9(11)4-3-7-12(10)17/h3-4,7,11H,2,5-6H2,1H3,(H2,19,20)/t11-/m0/s1. The van der Waals surface area contributed by atoms with Crippen molar-refractivity contribution in [3.63, 3.8) is 0 Å². The SMILES string of the molecule is COc1nc([C@H]2CCCc3c(Br)cccc32)c(N)nc1C#N. The van der Waals surface area contributed by atoms with Gasteiger partial charge in [-0.25, -0.2) is 9.97 Å². The van der Waals surface area contributed by atoms with E-state index in [1.165, 1.54) is 18.2 Å². The number of hydrogen-bond donors (Lipinski definition) is 1. The topological polar surface area (TPSA) is 84.8 Å². The van der Waals surface area contributed by atoms with Crippen LogP contribution in [0.2, 0.25) is 0 Å². The molecule has 0 bridgehead atoms. The predicted octanol–water partition coefficient (Wildman–Crippen LogP) is 3.17. The van der Waals surface area contributed by atoms with E-state index in [1.807, 2.05) is 12.1 Å². The molecule has 1 aromatic heterocycles. The summed E-state index contributed by atoms with van der Waals surface area (Å²) in [5.74, 6) is 0.611. The van der Waals surface area contributed by atoms with Crippen molar-refractivity contribution in [3.8, 4) is 11.9 Å². The molecule has 0 spiro atoms. The molecule has 6 heteroatoms. The molecule has 22 heavy (non-hydrogen) atoms. The molecule has 0 fully saturated rings. The van der Waals surface area contributed by atoms with Crippen molar-refractivity contribution in [3.05, 3.63) is 45.2 Å². The molecular weight excluding hydrogens is 344 g/mol. The first kappa shape index (κ1) is 14.8. The lowest BCUT2D eigenvalue weighted by Crippen LogP contribution is -2.16. The molecule has 0 unspecified atom stereocenters. The van der Waals surface area contributed by atoms with Gasteiger partial charge in [0.05, 0.1) is 12.8 Å². The monoisotopic (exact) mass is 358 g/mol. The number of methoxy groups -OCH3 is 1. The number of nitriles is 1. The second-order valence-electron chi connectivity index (χ2n) is 5.22. The highest BCUT2D eigenvalue weighted by molar-refractivity contribution is 9.10. The van der Waals surface area contributed by atoms with Crippen LogP contribution in [-0.2, 0) is 6.42 Å². The summed E-state index contributed by atoms with van der Waals surface area (Å²) in [4.78, 5) is 8.62. The van der Waals surface area contributed by atoms with Gasteiger partial charge in [0, 0.05) is 10.4 Å². The van der Waals surface area contributed by atoms with Gasteiger partial charge >= 0.3 is 0 Å². The van der Waals surface area contributed by atoms with Crippen molar-refractivity contribution < 1.29 is 4.74 Å². The van der Waals surface area contributed by atoms with Gasteiger partial charge in [-0.15, -0.1) is 0 Å². The Morgan fingerprint density at radius 2 is 2.23 bits per heavy atom. The summed E-state index contributed by atoms with van der Waals surface area (Å²) in [7, 11) is 1.48. The van der Waals surface area contributed by atoms with Gasteiger partial charge < -0.3 is 10.5 Å². The largest absolute Gasteiger partial charge is 0.479 e. The zero-order valence-electron chi connectivity index (χ0n) is 12.1. The summed E-state index contributed by atoms with van der Waals surface area (Å²) in [6.45, 7) is 0. The van der Waals surface area contributed by atoms with Crippen LogP contribution < -0.4 is 10.5 Å². The fraction of sp³-hybridized carbons (Fsp3) is 0.312. The molecule has 5 nitrogen and oxygen atoms in total. The molecule has 0 saturated carbocycles. The van der Waals surface area contributed by atoms with E-state index in [-0.39, 0.29) is 17.5 Å². The Balaban J connectivity index is 2.14. The van der Waals surface area contributed by atoms with Crippen molar-refractivity contribution in [2.75, 3.05) is 12.8 Å². The first-order valence-electron chi connectivity index (χ1n) is 7.04. The number of nitrogen functional groups attached to an aromatic ring is 1. The van der Waals surface area contributed by atoms with Crippen LogP contribution in [0, 0.1) is 11.3 Å². The second kappa shape index (κ2) is 5.93. The number of ether oxygens (including phenoxy) is 1. The highest BCUT2D eigenvalue weighted by atomic mass is 79.9. The molecule has 0 amide bonds. The maximum Gasteiger partial charge on any atom is 0.251 e. The Morgan fingerprint density at radius 1 is 1.41 bits per heavy atom. The molecule has 1 aromatic carbocycles. The normalized spacial score (nSPS) is 16.7. The van der Waals surface area contributed by atoms with Crippen LogP contribution in [-0.4, -0.2) is 17.1 Å². The Labute approximate surface area is 137 Å². The first-order valence-corrected chi connectivity index (χ1v) is 7.83. The summed E-state index contributed by atoms with van der Waals surface area (Å²) in [5.41, 5.74) is 9.37. The number of fused-ring (bicyclic) bond motifs is 1. The zero-order valence-corrected chi connectivity index (χ0v) is 13.7. The van der Waals surface area contributed by atoms with Crippen molar-refractivity contribution in [2.45, 2.75) is 25.2 Å². The molecule has 112 valence electrons. The van der Waals surface area contributed by atoms with Crippen LogP contribution in [0.25, 0.3) is 0 Å². The number of rotatable bonds is 2. The molecule has 1 aliphatic rings. The lowest BCUT2D eigenvalue weighted by molar-refractivity contribution is 0.391. The summed E-state index contributed by atoms with van der Waals surface area (Å²) in [6.07, 6.45) is 3.05. The van der Waals surface area contributed by atoms with Gasteiger partial charge in [-0.1, -0.05) is 28.1 Å². The van der Waals surface area contributed by atoms with Gasteiger partial charge in [-0.2, -0.15) is 5.26 Å². The molecule has 1 heterocycles. The quantitative estimate of drug-likeness (QED) is 0.890. The minimum absolute atomic E-state index is 0.0791. The average Bonchev–Trinajstić information content (AvgIpc) is 2.54. The third kappa shape index (κ3) is 2.42. The number of aromatic nitrogens is 2. The van der Waals surface area contributed by atoms with E-state index in [0.29, 0.717) is 11.5 Å².